The van der Waals surface area contributed by atoms with Crippen LogP contribution in [0.1, 0.15) is 49.3 Å². The van der Waals surface area contributed by atoms with Gasteiger partial charge >= 0.3 is 5.97 Å². The first-order valence-electron chi connectivity index (χ1n) is 10.0. The van der Waals surface area contributed by atoms with Gasteiger partial charge in [-0.15, -0.1) is 0 Å². The molecule has 0 saturated heterocycles. The molecule has 3 heterocycles. The maximum absolute atomic E-state index is 10.9. The number of ether oxygens (including phenoxy) is 1. The average Bonchev–Trinajstić information content (AvgIpc) is 3.03. The Morgan fingerprint density at radius 1 is 1.26 bits per heavy atom. The Hall–Kier alpha value is -2.57. The smallest absolute Gasteiger partial charge is 0.303 e. The molecule has 11 nitrogen and oxygen atoms in total. The molecule has 4 atom stereocenters. The van der Waals surface area contributed by atoms with E-state index in [2.05, 4.69) is 0 Å². The van der Waals surface area contributed by atoms with Crippen LogP contribution in [0.5, 0.6) is 0 Å². The summed E-state index contributed by atoms with van der Waals surface area (Å²) in [5.74, 6) is -2.13. The lowest BCUT2D eigenvalue weighted by atomic mass is 10.0. The maximum Gasteiger partial charge on any atom is 0.303 e. The first kappa shape index (κ1) is 23.1. The Kier molecular flexibility index (Phi) is 7.23. The van der Waals surface area contributed by atoms with Gasteiger partial charge in [0.1, 0.15) is 24.9 Å². The quantitative estimate of drug-likeness (QED) is 0.265. The van der Waals surface area contributed by atoms with Crippen LogP contribution in [-0.4, -0.2) is 60.9 Å². The Balaban J connectivity index is 2.08. The minimum Gasteiger partial charge on any atom is -0.550 e. The van der Waals surface area contributed by atoms with Crippen LogP contribution >= 0.6 is 0 Å². The highest BCUT2D eigenvalue weighted by molar-refractivity contribution is 5.86. The van der Waals surface area contributed by atoms with Crippen LogP contribution in [0, 0.1) is 0 Å². The number of aliphatic carboxylic acids is 2. The van der Waals surface area contributed by atoms with E-state index in [1.807, 2.05) is 0 Å². The van der Waals surface area contributed by atoms with Crippen molar-refractivity contribution in [2.24, 2.45) is 0 Å². The molecule has 2 aromatic rings. The summed E-state index contributed by atoms with van der Waals surface area (Å²) in [4.78, 5) is 21.6. The standard InChI is InChI=1S/C20H26N2O9/c23-10-13(24)19-18(29)11-9-22(7-2-4-15(27)28)12-5-8-21(6-1-3-14(25)26)17(16(11)12)20(30)31-19/h5,8-9,13,18-20,23-24,29-30H,1-4,6-7,10H2,(H-,25,26,27,28). The molecule has 11 heteroatoms. The third kappa shape index (κ3) is 4.86. The highest BCUT2D eigenvalue weighted by atomic mass is 16.6. The summed E-state index contributed by atoms with van der Waals surface area (Å²) in [6.45, 7) is -0.126. The van der Waals surface area contributed by atoms with E-state index >= 15 is 0 Å². The van der Waals surface area contributed by atoms with E-state index in [1.165, 1.54) is 0 Å². The number of aliphatic hydroxyl groups is 4. The average molecular weight is 438 g/mol. The number of aliphatic hydroxyl groups excluding tert-OH is 4. The second kappa shape index (κ2) is 9.71. The molecule has 4 unspecified atom stereocenters. The van der Waals surface area contributed by atoms with Gasteiger partial charge in [0.25, 0.3) is 0 Å². The molecule has 5 N–H and O–H groups in total. The Morgan fingerprint density at radius 3 is 2.65 bits per heavy atom. The van der Waals surface area contributed by atoms with Crippen molar-refractivity contribution in [3.63, 3.8) is 0 Å². The van der Waals surface area contributed by atoms with Crippen molar-refractivity contribution in [2.75, 3.05) is 6.61 Å². The number of hydrogen-bond acceptors (Lipinski definition) is 8. The van der Waals surface area contributed by atoms with Crippen LogP contribution < -0.4 is 9.67 Å². The highest BCUT2D eigenvalue weighted by Crippen LogP contribution is 2.39. The fraction of sp³-hybridized carbons (Fsp3) is 0.550. The molecule has 1 aliphatic heterocycles. The summed E-state index contributed by atoms with van der Waals surface area (Å²) in [6.07, 6.45) is -2.11. The second-order valence-electron chi connectivity index (χ2n) is 7.55. The molecule has 0 aromatic carbocycles. The molecule has 0 saturated carbocycles. The fourth-order valence-electron chi connectivity index (χ4n) is 3.97. The molecule has 0 aliphatic carbocycles. The topological polar surface area (TPSA) is 176 Å². The van der Waals surface area contributed by atoms with Crippen LogP contribution in [0.4, 0.5) is 0 Å². The van der Waals surface area contributed by atoms with Gasteiger partial charge < -0.3 is 44.7 Å². The van der Waals surface area contributed by atoms with Crippen LogP contribution in [0.25, 0.3) is 10.9 Å². The summed E-state index contributed by atoms with van der Waals surface area (Å²) >= 11 is 0. The molecule has 170 valence electrons. The Labute approximate surface area is 177 Å². The van der Waals surface area contributed by atoms with Gasteiger partial charge in [0.05, 0.1) is 17.5 Å². The van der Waals surface area contributed by atoms with E-state index in [9.17, 15) is 35.1 Å². The minimum atomic E-state index is -1.57. The van der Waals surface area contributed by atoms with Crippen molar-refractivity contribution in [3.05, 3.63) is 29.7 Å². The third-order valence-corrected chi connectivity index (χ3v) is 5.41. The molecule has 3 rings (SSSR count). The van der Waals surface area contributed by atoms with Gasteiger partial charge in [-0.3, -0.25) is 4.79 Å². The van der Waals surface area contributed by atoms with Crippen LogP contribution in [-0.2, 0) is 27.4 Å². The van der Waals surface area contributed by atoms with Gasteiger partial charge in [0.2, 0.25) is 12.0 Å². The molecule has 0 radical (unpaired) electrons. The number of carboxylic acids is 2. The van der Waals surface area contributed by atoms with Crippen molar-refractivity contribution in [2.45, 2.75) is 63.4 Å². The van der Waals surface area contributed by atoms with Gasteiger partial charge in [0, 0.05) is 43.2 Å². The summed E-state index contributed by atoms with van der Waals surface area (Å²) in [7, 11) is 0. The third-order valence-electron chi connectivity index (χ3n) is 5.41. The lowest BCUT2D eigenvalue weighted by Crippen LogP contribution is -2.42. The summed E-state index contributed by atoms with van der Waals surface area (Å²) in [5, 5.41) is 61.3. The zero-order chi connectivity index (χ0) is 22.7. The first-order valence-corrected chi connectivity index (χ1v) is 10.0. The number of carboxylic acid groups (broad SMARTS) is 2. The number of hydrogen-bond donors (Lipinski definition) is 5. The van der Waals surface area contributed by atoms with E-state index < -0.39 is 43.1 Å². The van der Waals surface area contributed by atoms with Crippen molar-refractivity contribution in [1.29, 1.82) is 0 Å². The number of aromatic nitrogens is 2. The largest absolute Gasteiger partial charge is 0.550 e. The highest BCUT2D eigenvalue weighted by Gasteiger charge is 2.41. The van der Waals surface area contributed by atoms with Crippen LogP contribution in [0.15, 0.2) is 18.5 Å². The van der Waals surface area contributed by atoms with Gasteiger partial charge in [-0.1, -0.05) is 0 Å². The number of nitrogens with zero attached hydrogens (tertiary/aromatic N) is 2. The van der Waals surface area contributed by atoms with Crippen molar-refractivity contribution < 1.29 is 49.5 Å². The lowest BCUT2D eigenvalue weighted by Gasteiger charge is -2.26. The number of carbonyl (C=O) groups excluding carboxylic acids is 1. The number of aryl methyl sites for hydroxylation is 2. The van der Waals surface area contributed by atoms with Crippen LogP contribution in [0.2, 0.25) is 0 Å². The molecule has 31 heavy (non-hydrogen) atoms. The number of rotatable bonds is 10. The monoisotopic (exact) mass is 438 g/mol. The van der Waals surface area contributed by atoms with E-state index in [-0.39, 0.29) is 31.5 Å². The van der Waals surface area contributed by atoms with Crippen LogP contribution in [0.3, 0.4) is 0 Å². The number of pyridine rings is 1. The van der Waals surface area contributed by atoms with E-state index in [0.29, 0.717) is 29.4 Å². The zero-order valence-corrected chi connectivity index (χ0v) is 16.8. The molecule has 0 fully saturated rings. The Morgan fingerprint density at radius 2 is 2.00 bits per heavy atom. The van der Waals surface area contributed by atoms with Gasteiger partial charge in [-0.05, 0) is 12.8 Å². The minimum absolute atomic E-state index is 0.0436. The molecule has 2 aromatic heterocycles. The first-order chi connectivity index (χ1) is 14.7. The Bertz CT molecular complexity index is 958. The van der Waals surface area contributed by atoms with Crippen molar-refractivity contribution in [3.8, 4) is 0 Å². The maximum atomic E-state index is 10.9. The SMILES string of the molecule is O=C([O-])CCC[n+]1ccc2c3c(cn2CCCC(=O)O)C(O)C(C(O)CO)OC(O)c31. The second-order valence-corrected chi connectivity index (χ2v) is 7.55. The number of carbonyl (C=O) groups is 2. The van der Waals surface area contributed by atoms with Crippen molar-refractivity contribution >= 4 is 22.8 Å². The van der Waals surface area contributed by atoms with E-state index in [0.717, 1.165) is 0 Å². The summed E-state index contributed by atoms with van der Waals surface area (Å²) < 4.78 is 8.86. The van der Waals surface area contributed by atoms with E-state index in [1.54, 1.807) is 27.6 Å². The predicted octanol–water partition coefficient (Wildman–Crippen LogP) is -1.90. The lowest BCUT2D eigenvalue weighted by molar-refractivity contribution is -0.709. The predicted molar refractivity (Wildman–Crippen MR) is 101 cm³/mol. The summed E-state index contributed by atoms with van der Waals surface area (Å²) in [5.41, 5.74) is 1.24. The zero-order valence-electron chi connectivity index (χ0n) is 16.8. The van der Waals surface area contributed by atoms with Gasteiger partial charge in [-0.2, -0.15) is 4.57 Å². The normalized spacial score (nSPS) is 21.7. The summed E-state index contributed by atoms with van der Waals surface area (Å²) in [6, 6.07) is 1.73. The molecule has 0 amide bonds. The molecule has 0 bridgehead atoms. The van der Waals surface area contributed by atoms with Crippen molar-refractivity contribution in [1.82, 2.24) is 4.57 Å². The van der Waals surface area contributed by atoms with Gasteiger partial charge in [0.15, 0.2) is 6.20 Å². The van der Waals surface area contributed by atoms with E-state index in [4.69, 9.17) is 9.84 Å². The molecule has 1 aliphatic rings. The molecular formula is C20H26N2O9. The van der Waals surface area contributed by atoms with Gasteiger partial charge in [-0.25, -0.2) is 0 Å². The molecule has 0 spiro atoms. The fourth-order valence-corrected chi connectivity index (χ4v) is 3.97. The molecular weight excluding hydrogens is 412 g/mol.